The first-order chi connectivity index (χ1) is 10.8. The van der Waals surface area contributed by atoms with Crippen LogP contribution in [0.2, 0.25) is 0 Å². The number of nitrogens with zero attached hydrogens (tertiary/aromatic N) is 1. The van der Waals surface area contributed by atoms with Gasteiger partial charge in [-0.05, 0) is 57.2 Å². The van der Waals surface area contributed by atoms with Crippen molar-refractivity contribution in [3.05, 3.63) is 34.3 Å². The molecule has 0 spiro atoms. The number of hydrogen-bond acceptors (Lipinski definition) is 3. The van der Waals surface area contributed by atoms with Crippen LogP contribution in [0.4, 0.5) is 4.79 Å². The normalized spacial score (nSPS) is 20.0. The monoisotopic (exact) mass is 381 g/mol. The lowest BCUT2D eigenvalue weighted by Gasteiger charge is -2.36. The Hall–Kier alpha value is -1.36. The standard InChI is InChI=1S/C18H24BrNO3/c1-18(2,3)23-17(22)20-10-4-5-14(11-20)16(12-21)13-6-8-15(19)9-7-13/h6-9,12,14,16H,4-5,10-11H2,1-3H3. The lowest BCUT2D eigenvalue weighted by molar-refractivity contribution is -0.110. The average Bonchev–Trinajstić information content (AvgIpc) is 2.48. The van der Waals surface area contributed by atoms with E-state index in [1.807, 2.05) is 45.0 Å². The van der Waals surface area contributed by atoms with Crippen molar-refractivity contribution in [1.82, 2.24) is 4.90 Å². The van der Waals surface area contributed by atoms with E-state index in [1.54, 1.807) is 4.90 Å². The SMILES string of the molecule is CC(C)(C)OC(=O)N1CCCC(C(C=O)c2ccc(Br)cc2)C1. The van der Waals surface area contributed by atoms with Gasteiger partial charge in [0.05, 0.1) is 0 Å². The summed E-state index contributed by atoms with van der Waals surface area (Å²) < 4.78 is 6.44. The van der Waals surface area contributed by atoms with Crippen molar-refractivity contribution in [3.63, 3.8) is 0 Å². The number of halogens is 1. The molecule has 2 atom stereocenters. The molecule has 2 rings (SSSR count). The third-order valence-corrected chi connectivity index (χ3v) is 4.55. The molecule has 1 amide bonds. The van der Waals surface area contributed by atoms with E-state index < -0.39 is 5.60 Å². The maximum atomic E-state index is 12.3. The van der Waals surface area contributed by atoms with Gasteiger partial charge in [-0.3, -0.25) is 0 Å². The second-order valence-electron chi connectivity index (χ2n) is 7.04. The van der Waals surface area contributed by atoms with Crippen LogP contribution in [0.3, 0.4) is 0 Å². The Labute approximate surface area is 146 Å². The molecule has 0 aromatic heterocycles. The Bertz CT molecular complexity index is 550. The zero-order valence-electron chi connectivity index (χ0n) is 13.9. The van der Waals surface area contributed by atoms with E-state index in [4.69, 9.17) is 4.74 Å². The maximum absolute atomic E-state index is 12.3. The second-order valence-corrected chi connectivity index (χ2v) is 7.96. The Morgan fingerprint density at radius 2 is 2.00 bits per heavy atom. The van der Waals surface area contributed by atoms with Crippen molar-refractivity contribution in [3.8, 4) is 0 Å². The van der Waals surface area contributed by atoms with Crippen LogP contribution in [0.5, 0.6) is 0 Å². The lowest BCUT2D eigenvalue weighted by atomic mass is 9.82. The van der Waals surface area contributed by atoms with Gasteiger partial charge in [0.15, 0.2) is 0 Å². The molecule has 126 valence electrons. The fraction of sp³-hybridized carbons (Fsp3) is 0.556. The highest BCUT2D eigenvalue weighted by molar-refractivity contribution is 9.10. The van der Waals surface area contributed by atoms with Gasteiger partial charge in [-0.1, -0.05) is 28.1 Å². The Kier molecular flexibility index (Phi) is 5.84. The molecule has 0 saturated carbocycles. The first-order valence-corrected chi connectivity index (χ1v) is 8.78. The van der Waals surface area contributed by atoms with E-state index in [1.165, 1.54) is 0 Å². The quantitative estimate of drug-likeness (QED) is 0.729. The zero-order chi connectivity index (χ0) is 17.0. The molecule has 0 N–H and O–H groups in total. The summed E-state index contributed by atoms with van der Waals surface area (Å²) in [5, 5.41) is 0. The summed E-state index contributed by atoms with van der Waals surface area (Å²) in [5.41, 5.74) is 0.499. The molecule has 0 radical (unpaired) electrons. The highest BCUT2D eigenvalue weighted by Crippen LogP contribution is 2.31. The number of likely N-dealkylation sites (tertiary alicyclic amines) is 1. The van der Waals surface area contributed by atoms with Crippen molar-refractivity contribution in [2.75, 3.05) is 13.1 Å². The van der Waals surface area contributed by atoms with Crippen LogP contribution in [0.15, 0.2) is 28.7 Å². The number of rotatable bonds is 3. The van der Waals surface area contributed by atoms with Crippen LogP contribution in [-0.2, 0) is 9.53 Å². The van der Waals surface area contributed by atoms with Crippen LogP contribution in [0.25, 0.3) is 0 Å². The molecule has 1 heterocycles. The van der Waals surface area contributed by atoms with E-state index in [0.717, 1.165) is 29.2 Å². The van der Waals surface area contributed by atoms with E-state index in [0.29, 0.717) is 13.1 Å². The maximum Gasteiger partial charge on any atom is 0.410 e. The number of amides is 1. The minimum absolute atomic E-state index is 0.134. The Morgan fingerprint density at radius 3 is 2.57 bits per heavy atom. The summed E-state index contributed by atoms with van der Waals surface area (Å²) in [6.45, 7) is 6.85. The van der Waals surface area contributed by atoms with Gasteiger partial charge in [-0.2, -0.15) is 0 Å². The van der Waals surface area contributed by atoms with Crippen LogP contribution in [-0.4, -0.2) is 36.0 Å². The van der Waals surface area contributed by atoms with Gasteiger partial charge in [0, 0.05) is 23.5 Å². The number of benzene rings is 1. The van der Waals surface area contributed by atoms with Crippen molar-refractivity contribution in [1.29, 1.82) is 0 Å². The topological polar surface area (TPSA) is 46.6 Å². The number of aldehydes is 1. The number of hydrogen-bond donors (Lipinski definition) is 0. The predicted octanol–water partition coefficient (Wildman–Crippen LogP) is 4.38. The third kappa shape index (κ3) is 5.06. The van der Waals surface area contributed by atoms with Crippen LogP contribution in [0.1, 0.15) is 45.1 Å². The first-order valence-electron chi connectivity index (χ1n) is 7.99. The molecule has 0 bridgehead atoms. The minimum Gasteiger partial charge on any atom is -0.444 e. The molecule has 1 aliphatic rings. The van der Waals surface area contributed by atoms with E-state index >= 15 is 0 Å². The van der Waals surface area contributed by atoms with Crippen LogP contribution < -0.4 is 0 Å². The van der Waals surface area contributed by atoms with Gasteiger partial charge in [0.1, 0.15) is 11.9 Å². The Morgan fingerprint density at radius 1 is 1.35 bits per heavy atom. The largest absolute Gasteiger partial charge is 0.444 e. The molecule has 1 aromatic carbocycles. The molecule has 23 heavy (non-hydrogen) atoms. The number of ether oxygens (including phenoxy) is 1. The molecule has 1 saturated heterocycles. The smallest absolute Gasteiger partial charge is 0.410 e. The first kappa shape index (κ1) is 18.0. The summed E-state index contributed by atoms with van der Waals surface area (Å²) in [7, 11) is 0. The van der Waals surface area contributed by atoms with Crippen molar-refractivity contribution < 1.29 is 14.3 Å². The summed E-state index contributed by atoms with van der Waals surface area (Å²) in [4.78, 5) is 25.6. The number of piperidine rings is 1. The van der Waals surface area contributed by atoms with Crippen molar-refractivity contribution in [2.24, 2.45) is 5.92 Å². The van der Waals surface area contributed by atoms with E-state index in [9.17, 15) is 9.59 Å². The number of carbonyl (C=O) groups excluding carboxylic acids is 2. The summed E-state index contributed by atoms with van der Waals surface area (Å²) >= 11 is 3.41. The van der Waals surface area contributed by atoms with Gasteiger partial charge in [-0.25, -0.2) is 4.79 Å². The highest BCUT2D eigenvalue weighted by Gasteiger charge is 2.32. The fourth-order valence-corrected chi connectivity index (χ4v) is 3.21. The molecular formula is C18H24BrNO3. The zero-order valence-corrected chi connectivity index (χ0v) is 15.5. The van der Waals surface area contributed by atoms with Crippen molar-refractivity contribution in [2.45, 2.75) is 45.1 Å². The van der Waals surface area contributed by atoms with Crippen LogP contribution in [0, 0.1) is 5.92 Å². The summed E-state index contributed by atoms with van der Waals surface area (Å²) in [5.74, 6) is -0.0525. The molecule has 1 aromatic rings. The van der Waals surface area contributed by atoms with Gasteiger partial charge >= 0.3 is 6.09 Å². The van der Waals surface area contributed by atoms with Crippen LogP contribution >= 0.6 is 15.9 Å². The lowest BCUT2D eigenvalue weighted by Crippen LogP contribution is -2.44. The molecular weight excluding hydrogens is 358 g/mol. The third-order valence-electron chi connectivity index (χ3n) is 4.02. The summed E-state index contributed by atoms with van der Waals surface area (Å²) in [6, 6.07) is 7.83. The minimum atomic E-state index is -0.500. The van der Waals surface area contributed by atoms with Gasteiger partial charge in [-0.15, -0.1) is 0 Å². The van der Waals surface area contributed by atoms with E-state index in [2.05, 4.69) is 15.9 Å². The van der Waals surface area contributed by atoms with Gasteiger partial charge in [0.25, 0.3) is 0 Å². The fourth-order valence-electron chi connectivity index (χ4n) is 2.94. The molecule has 1 aliphatic heterocycles. The summed E-state index contributed by atoms with van der Waals surface area (Å²) in [6.07, 6.45) is 2.55. The van der Waals surface area contributed by atoms with E-state index in [-0.39, 0.29) is 17.9 Å². The van der Waals surface area contributed by atoms with Crippen molar-refractivity contribution >= 4 is 28.3 Å². The predicted molar refractivity (Wildman–Crippen MR) is 93.5 cm³/mol. The molecule has 1 fully saturated rings. The molecule has 5 heteroatoms. The van der Waals surface area contributed by atoms with Gasteiger partial charge < -0.3 is 14.4 Å². The molecule has 0 aliphatic carbocycles. The average molecular weight is 382 g/mol. The number of carbonyl (C=O) groups is 2. The highest BCUT2D eigenvalue weighted by atomic mass is 79.9. The molecule has 2 unspecified atom stereocenters. The van der Waals surface area contributed by atoms with Gasteiger partial charge in [0.2, 0.25) is 0 Å². The molecule has 4 nitrogen and oxygen atoms in total. The second kappa shape index (κ2) is 7.47. The Balaban J connectivity index is 2.08.